The number of halogens is 1. The van der Waals surface area contributed by atoms with E-state index in [4.69, 9.17) is 21.1 Å². The smallest absolute Gasteiger partial charge is 0.268 e. The van der Waals surface area contributed by atoms with Crippen molar-refractivity contribution in [1.82, 2.24) is 10.3 Å². The number of benzene rings is 1. The summed E-state index contributed by atoms with van der Waals surface area (Å²) in [5.41, 5.74) is 2.47. The molecule has 6 heteroatoms. The quantitative estimate of drug-likeness (QED) is 0.881. The maximum atomic E-state index is 12.1. The summed E-state index contributed by atoms with van der Waals surface area (Å²) in [4.78, 5) is 14.9. The van der Waals surface area contributed by atoms with Crippen molar-refractivity contribution in [2.45, 2.75) is 32.9 Å². The van der Waals surface area contributed by atoms with Crippen LogP contribution < -0.4 is 14.8 Å². The topological polar surface area (TPSA) is 63.3 Å². The number of carbonyl (C=O) groups excluding carboxylic acids is 1. The minimum absolute atomic E-state index is 0.172. The number of rotatable bonds is 5. The molecule has 1 atom stereocenters. The fourth-order valence-electron chi connectivity index (χ4n) is 2.68. The van der Waals surface area contributed by atoms with Gasteiger partial charge in [-0.05, 0) is 32.0 Å². The van der Waals surface area contributed by atoms with Gasteiger partial charge in [-0.1, -0.05) is 11.6 Å². The highest BCUT2D eigenvalue weighted by molar-refractivity contribution is 6.30. The molecular formula is C17H19ClN2O3. The number of carbonyl (C=O) groups is 1. The van der Waals surface area contributed by atoms with Crippen LogP contribution in [0.1, 0.15) is 35.5 Å². The molecule has 0 bridgehead atoms. The Morgan fingerprint density at radius 1 is 1.48 bits per heavy atom. The van der Waals surface area contributed by atoms with Gasteiger partial charge in [0.15, 0.2) is 0 Å². The van der Waals surface area contributed by atoms with Crippen molar-refractivity contribution in [1.29, 1.82) is 0 Å². The van der Waals surface area contributed by atoms with Crippen molar-refractivity contribution in [3.8, 4) is 11.5 Å². The van der Waals surface area contributed by atoms with Gasteiger partial charge in [-0.25, -0.2) is 0 Å². The summed E-state index contributed by atoms with van der Waals surface area (Å²) in [7, 11) is 0. The number of hydrogen-bond acceptors (Lipinski definition) is 3. The van der Waals surface area contributed by atoms with E-state index in [-0.39, 0.29) is 12.0 Å². The molecular weight excluding hydrogens is 316 g/mol. The second kappa shape index (κ2) is 6.54. The summed E-state index contributed by atoms with van der Waals surface area (Å²) in [6.07, 6.45) is 2.63. The van der Waals surface area contributed by atoms with Crippen molar-refractivity contribution in [3.63, 3.8) is 0 Å². The molecule has 0 saturated carbocycles. The first-order valence-corrected chi connectivity index (χ1v) is 8.02. The number of amides is 1. The largest absolute Gasteiger partial charge is 0.494 e. The Hall–Kier alpha value is -2.14. The highest BCUT2D eigenvalue weighted by Gasteiger charge is 2.22. The van der Waals surface area contributed by atoms with Crippen molar-refractivity contribution < 1.29 is 14.3 Å². The summed E-state index contributed by atoms with van der Waals surface area (Å²) >= 11 is 5.82. The van der Waals surface area contributed by atoms with E-state index in [1.807, 2.05) is 26.0 Å². The Bertz CT molecular complexity index is 727. The SMILES string of the molecule is CCOc1cc2c(cc1CNC(=O)c1cc(Cl)c[nH]1)OC(C)C2. The Balaban J connectivity index is 1.76. The Kier molecular flexibility index (Phi) is 4.48. The molecule has 3 rings (SSSR count). The van der Waals surface area contributed by atoms with Gasteiger partial charge in [0.05, 0.1) is 11.6 Å². The molecule has 1 aromatic carbocycles. The zero-order valence-electron chi connectivity index (χ0n) is 13.1. The Morgan fingerprint density at radius 2 is 2.30 bits per heavy atom. The van der Waals surface area contributed by atoms with Crippen molar-refractivity contribution in [2.24, 2.45) is 0 Å². The van der Waals surface area contributed by atoms with Gasteiger partial charge in [0.25, 0.3) is 5.91 Å². The summed E-state index contributed by atoms with van der Waals surface area (Å²) < 4.78 is 11.5. The normalized spacial score (nSPS) is 15.9. The first-order chi connectivity index (χ1) is 11.1. The predicted molar refractivity (Wildman–Crippen MR) is 88.4 cm³/mol. The van der Waals surface area contributed by atoms with Gasteiger partial charge in [-0.3, -0.25) is 4.79 Å². The lowest BCUT2D eigenvalue weighted by Gasteiger charge is -2.13. The molecule has 1 unspecified atom stereocenters. The lowest BCUT2D eigenvalue weighted by Crippen LogP contribution is -2.23. The number of hydrogen-bond donors (Lipinski definition) is 2. The van der Waals surface area contributed by atoms with Crippen LogP contribution in [0.3, 0.4) is 0 Å². The van der Waals surface area contributed by atoms with E-state index < -0.39 is 0 Å². The fourth-order valence-corrected chi connectivity index (χ4v) is 2.84. The first-order valence-electron chi connectivity index (χ1n) is 7.64. The fraction of sp³-hybridized carbons (Fsp3) is 0.353. The van der Waals surface area contributed by atoms with E-state index in [2.05, 4.69) is 10.3 Å². The zero-order chi connectivity index (χ0) is 16.4. The summed E-state index contributed by atoms with van der Waals surface area (Å²) in [5, 5.41) is 3.37. The number of fused-ring (bicyclic) bond motifs is 1. The maximum Gasteiger partial charge on any atom is 0.268 e. The molecule has 122 valence electrons. The highest BCUT2D eigenvalue weighted by Crippen LogP contribution is 2.35. The predicted octanol–water partition coefficient (Wildman–Crippen LogP) is 3.32. The van der Waals surface area contributed by atoms with Gasteiger partial charge in [0.2, 0.25) is 0 Å². The van der Waals surface area contributed by atoms with Crippen LogP contribution in [-0.2, 0) is 13.0 Å². The molecule has 1 aliphatic rings. The minimum atomic E-state index is -0.214. The monoisotopic (exact) mass is 334 g/mol. The molecule has 2 aromatic rings. The third-order valence-corrected chi connectivity index (χ3v) is 3.93. The third-order valence-electron chi connectivity index (χ3n) is 3.71. The van der Waals surface area contributed by atoms with E-state index in [0.717, 1.165) is 29.0 Å². The van der Waals surface area contributed by atoms with Crippen LogP contribution in [0.25, 0.3) is 0 Å². The Morgan fingerprint density at radius 3 is 3.00 bits per heavy atom. The molecule has 0 saturated heterocycles. The van der Waals surface area contributed by atoms with Crippen molar-refractivity contribution in [2.75, 3.05) is 6.61 Å². The van der Waals surface area contributed by atoms with Crippen molar-refractivity contribution >= 4 is 17.5 Å². The van der Waals surface area contributed by atoms with Crippen LogP contribution in [0, 0.1) is 0 Å². The number of aromatic nitrogens is 1. The van der Waals surface area contributed by atoms with Gasteiger partial charge >= 0.3 is 0 Å². The van der Waals surface area contributed by atoms with Crippen LogP contribution in [-0.4, -0.2) is 23.6 Å². The van der Waals surface area contributed by atoms with Gasteiger partial charge in [0.1, 0.15) is 23.3 Å². The summed E-state index contributed by atoms with van der Waals surface area (Å²) in [6.45, 7) is 4.91. The van der Waals surface area contributed by atoms with Crippen LogP contribution >= 0.6 is 11.6 Å². The van der Waals surface area contributed by atoms with Crippen LogP contribution in [0.4, 0.5) is 0 Å². The molecule has 1 amide bonds. The van der Waals surface area contributed by atoms with Crippen molar-refractivity contribution in [3.05, 3.63) is 46.2 Å². The second-order valence-corrected chi connectivity index (χ2v) is 5.98. The van der Waals surface area contributed by atoms with Gasteiger partial charge in [-0.15, -0.1) is 0 Å². The molecule has 0 radical (unpaired) electrons. The Labute approximate surface area is 139 Å². The lowest BCUT2D eigenvalue weighted by atomic mass is 10.1. The molecule has 2 N–H and O–H groups in total. The molecule has 23 heavy (non-hydrogen) atoms. The molecule has 1 aliphatic heterocycles. The third kappa shape index (κ3) is 3.45. The molecule has 5 nitrogen and oxygen atoms in total. The second-order valence-electron chi connectivity index (χ2n) is 5.55. The highest BCUT2D eigenvalue weighted by atomic mass is 35.5. The number of nitrogens with one attached hydrogen (secondary N) is 2. The number of H-pyrrole nitrogens is 1. The first kappa shape index (κ1) is 15.7. The van der Waals surface area contributed by atoms with Crippen LogP contribution in [0.15, 0.2) is 24.4 Å². The van der Waals surface area contributed by atoms with E-state index in [9.17, 15) is 4.79 Å². The standard InChI is InChI=1S/C17H19ClN2O3/c1-3-22-15-5-11-4-10(2)23-16(11)6-12(15)8-20-17(21)14-7-13(18)9-19-14/h5-7,9-10,19H,3-4,8H2,1-2H3,(H,20,21). The molecule has 0 aliphatic carbocycles. The minimum Gasteiger partial charge on any atom is -0.494 e. The van der Waals surface area contributed by atoms with Crippen LogP contribution in [0.2, 0.25) is 5.02 Å². The van der Waals surface area contributed by atoms with Gasteiger partial charge in [0, 0.05) is 30.3 Å². The van der Waals surface area contributed by atoms with E-state index in [0.29, 0.717) is 23.9 Å². The van der Waals surface area contributed by atoms with Gasteiger partial charge < -0.3 is 19.8 Å². The zero-order valence-corrected chi connectivity index (χ0v) is 13.9. The van der Waals surface area contributed by atoms with E-state index in [1.54, 1.807) is 12.3 Å². The van der Waals surface area contributed by atoms with Gasteiger partial charge in [-0.2, -0.15) is 0 Å². The summed E-state index contributed by atoms with van der Waals surface area (Å²) in [6, 6.07) is 5.55. The molecule has 2 heterocycles. The average Bonchev–Trinajstić information content (AvgIpc) is 3.09. The lowest BCUT2D eigenvalue weighted by molar-refractivity contribution is 0.0946. The van der Waals surface area contributed by atoms with E-state index in [1.165, 1.54) is 0 Å². The van der Waals surface area contributed by atoms with E-state index >= 15 is 0 Å². The summed E-state index contributed by atoms with van der Waals surface area (Å²) in [5.74, 6) is 1.44. The van der Waals surface area contributed by atoms with Crippen LogP contribution in [0.5, 0.6) is 11.5 Å². The molecule has 0 spiro atoms. The molecule has 0 fully saturated rings. The molecule has 1 aromatic heterocycles. The average molecular weight is 335 g/mol. The maximum absolute atomic E-state index is 12.1. The number of aromatic amines is 1. The number of ether oxygens (including phenoxy) is 2.